The zero-order valence-corrected chi connectivity index (χ0v) is 13.6. The van der Waals surface area contributed by atoms with E-state index >= 15 is 0 Å². The third kappa shape index (κ3) is 2.70. The Morgan fingerprint density at radius 1 is 1.53 bits per heavy atom. The number of nitrogens with zero attached hydrogens (tertiary/aromatic N) is 2. The van der Waals surface area contributed by atoms with Gasteiger partial charge in [0.05, 0.1) is 15.9 Å². The number of rotatable bonds is 2. The lowest BCUT2D eigenvalue weighted by molar-refractivity contribution is -0.130. The Labute approximate surface area is 129 Å². The molecule has 1 aromatic carbocycles. The van der Waals surface area contributed by atoms with Crippen LogP contribution in [0.1, 0.15) is 13.8 Å². The number of aromatic nitrogens is 2. The second kappa shape index (κ2) is 4.92. The lowest BCUT2D eigenvalue weighted by Gasteiger charge is -2.15. The lowest BCUT2D eigenvalue weighted by Crippen LogP contribution is -2.36. The SMILES string of the molecule is Cn1nc(NC(=O)C(C)(C)O)c2c(Cl)ccc(I)c21. The lowest BCUT2D eigenvalue weighted by atomic mass is 10.1. The molecule has 1 aromatic heterocycles. The summed E-state index contributed by atoms with van der Waals surface area (Å²) >= 11 is 8.36. The number of benzene rings is 1. The highest BCUT2D eigenvalue weighted by molar-refractivity contribution is 14.1. The minimum absolute atomic E-state index is 0.355. The molecule has 2 N–H and O–H groups in total. The van der Waals surface area contributed by atoms with Gasteiger partial charge in [-0.15, -0.1) is 0 Å². The Kier molecular flexibility index (Phi) is 3.76. The topological polar surface area (TPSA) is 67.2 Å². The number of carbonyl (C=O) groups excluding carboxylic acids is 1. The Morgan fingerprint density at radius 2 is 2.16 bits per heavy atom. The maximum absolute atomic E-state index is 11.8. The first-order valence-corrected chi connectivity index (χ1v) is 7.02. The number of hydrogen-bond donors (Lipinski definition) is 2. The van der Waals surface area contributed by atoms with Crippen molar-refractivity contribution in [2.45, 2.75) is 19.4 Å². The predicted octanol–water partition coefficient (Wildman–Crippen LogP) is 2.54. The maximum atomic E-state index is 11.8. The van der Waals surface area contributed by atoms with Crippen LogP contribution >= 0.6 is 34.2 Å². The van der Waals surface area contributed by atoms with Crippen LogP contribution in [0.5, 0.6) is 0 Å². The van der Waals surface area contributed by atoms with E-state index in [-0.39, 0.29) is 0 Å². The predicted molar refractivity (Wildman–Crippen MR) is 83.4 cm³/mol. The number of amides is 1. The van der Waals surface area contributed by atoms with Crippen LogP contribution in [-0.2, 0) is 11.8 Å². The Bertz CT molecular complexity index is 661. The molecule has 0 aliphatic heterocycles. The van der Waals surface area contributed by atoms with Crippen molar-refractivity contribution in [3.63, 3.8) is 0 Å². The van der Waals surface area contributed by atoms with Crippen molar-refractivity contribution < 1.29 is 9.90 Å². The molecule has 1 amide bonds. The van der Waals surface area contributed by atoms with Gasteiger partial charge in [-0.2, -0.15) is 5.10 Å². The van der Waals surface area contributed by atoms with Crippen LogP contribution in [0.3, 0.4) is 0 Å². The summed E-state index contributed by atoms with van der Waals surface area (Å²) in [5, 5.41) is 17.7. The number of aryl methyl sites for hydroxylation is 1. The van der Waals surface area contributed by atoms with Gasteiger partial charge >= 0.3 is 0 Å². The Hall–Kier alpha value is -0.860. The summed E-state index contributed by atoms with van der Waals surface area (Å²) in [4.78, 5) is 11.8. The number of carbonyl (C=O) groups is 1. The number of halogens is 2. The second-order valence-electron chi connectivity index (χ2n) is 4.74. The highest BCUT2D eigenvalue weighted by Gasteiger charge is 2.26. The molecule has 2 aromatic rings. The summed E-state index contributed by atoms with van der Waals surface area (Å²) in [5.41, 5.74) is -0.628. The fourth-order valence-electron chi connectivity index (χ4n) is 1.68. The van der Waals surface area contributed by atoms with Crippen LogP contribution in [-0.4, -0.2) is 26.4 Å². The number of nitrogens with one attached hydrogen (secondary N) is 1. The molecule has 5 nitrogen and oxygen atoms in total. The van der Waals surface area contributed by atoms with E-state index in [2.05, 4.69) is 33.0 Å². The fourth-order valence-corrected chi connectivity index (χ4v) is 2.72. The third-order valence-corrected chi connectivity index (χ3v) is 3.86. The van der Waals surface area contributed by atoms with E-state index in [1.165, 1.54) is 13.8 Å². The van der Waals surface area contributed by atoms with Crippen LogP contribution in [0.25, 0.3) is 10.9 Å². The van der Waals surface area contributed by atoms with Crippen molar-refractivity contribution in [1.82, 2.24) is 9.78 Å². The first-order chi connectivity index (χ1) is 8.71. The summed E-state index contributed by atoms with van der Waals surface area (Å²) in [6.45, 7) is 2.83. The van der Waals surface area contributed by atoms with E-state index in [0.29, 0.717) is 16.2 Å². The molecule has 0 bridgehead atoms. The zero-order valence-electron chi connectivity index (χ0n) is 10.7. The second-order valence-corrected chi connectivity index (χ2v) is 6.31. The van der Waals surface area contributed by atoms with Crippen LogP contribution in [0.15, 0.2) is 12.1 Å². The summed E-state index contributed by atoms with van der Waals surface area (Å²) in [5.74, 6) is -0.171. The van der Waals surface area contributed by atoms with Crippen molar-refractivity contribution in [2.24, 2.45) is 7.05 Å². The van der Waals surface area contributed by atoms with Gasteiger partial charge in [0.15, 0.2) is 5.82 Å². The van der Waals surface area contributed by atoms with E-state index in [1.54, 1.807) is 17.8 Å². The quantitative estimate of drug-likeness (QED) is 0.771. The standard InChI is InChI=1S/C12H13ClIN3O2/c1-12(2,19)11(18)15-10-8-6(13)4-5-7(14)9(8)17(3)16-10/h4-5,19H,1-3H3,(H,15,16,18). The molecule has 7 heteroatoms. The highest BCUT2D eigenvalue weighted by atomic mass is 127. The minimum atomic E-state index is -1.47. The molecule has 0 aliphatic carbocycles. The number of hydrogen-bond acceptors (Lipinski definition) is 3. The summed E-state index contributed by atoms with van der Waals surface area (Å²) in [7, 11) is 1.78. The minimum Gasteiger partial charge on any atom is -0.381 e. The molecule has 0 radical (unpaired) electrons. The highest BCUT2D eigenvalue weighted by Crippen LogP contribution is 2.33. The van der Waals surface area contributed by atoms with Crippen LogP contribution < -0.4 is 5.32 Å². The third-order valence-electron chi connectivity index (χ3n) is 2.68. The maximum Gasteiger partial charge on any atom is 0.256 e. The van der Waals surface area contributed by atoms with Gasteiger partial charge in [-0.1, -0.05) is 11.6 Å². The molecule has 0 fully saturated rings. The van der Waals surface area contributed by atoms with Crippen molar-refractivity contribution >= 4 is 56.8 Å². The van der Waals surface area contributed by atoms with Crippen LogP contribution in [0.4, 0.5) is 5.82 Å². The fraction of sp³-hybridized carbons (Fsp3) is 0.333. The molecular formula is C12H13ClIN3O2. The molecule has 0 saturated carbocycles. The van der Waals surface area contributed by atoms with Gasteiger partial charge in [0.2, 0.25) is 0 Å². The molecule has 2 rings (SSSR count). The summed E-state index contributed by atoms with van der Waals surface area (Å²) < 4.78 is 2.64. The van der Waals surface area contributed by atoms with Gasteiger partial charge in [-0.05, 0) is 48.6 Å². The first kappa shape index (κ1) is 14.5. The molecule has 0 aliphatic rings. The molecular weight excluding hydrogens is 381 g/mol. The van der Waals surface area contributed by atoms with Gasteiger partial charge < -0.3 is 10.4 Å². The van der Waals surface area contributed by atoms with E-state index in [0.717, 1.165) is 9.09 Å². The number of anilines is 1. The molecule has 0 atom stereocenters. The largest absolute Gasteiger partial charge is 0.381 e. The average Bonchev–Trinajstić information content (AvgIpc) is 2.61. The van der Waals surface area contributed by atoms with E-state index in [4.69, 9.17) is 11.6 Å². The zero-order chi connectivity index (χ0) is 14.4. The molecule has 1 heterocycles. The van der Waals surface area contributed by atoms with Gasteiger partial charge in [-0.25, -0.2) is 0 Å². The van der Waals surface area contributed by atoms with Gasteiger partial charge in [-0.3, -0.25) is 9.48 Å². The molecule has 0 spiro atoms. The Balaban J connectivity index is 2.57. The Morgan fingerprint density at radius 3 is 2.74 bits per heavy atom. The van der Waals surface area contributed by atoms with E-state index in [9.17, 15) is 9.90 Å². The normalized spacial score (nSPS) is 11.9. The molecule has 102 valence electrons. The smallest absolute Gasteiger partial charge is 0.256 e. The van der Waals surface area contributed by atoms with Gasteiger partial charge in [0.1, 0.15) is 5.60 Å². The van der Waals surface area contributed by atoms with Crippen LogP contribution in [0, 0.1) is 3.57 Å². The van der Waals surface area contributed by atoms with Crippen molar-refractivity contribution in [3.8, 4) is 0 Å². The van der Waals surface area contributed by atoms with E-state index in [1.807, 2.05) is 6.07 Å². The first-order valence-electron chi connectivity index (χ1n) is 5.56. The molecule has 0 unspecified atom stereocenters. The van der Waals surface area contributed by atoms with Crippen LogP contribution in [0.2, 0.25) is 5.02 Å². The molecule has 19 heavy (non-hydrogen) atoms. The van der Waals surface area contributed by atoms with Gasteiger partial charge in [0.25, 0.3) is 5.91 Å². The number of aliphatic hydroxyl groups is 1. The monoisotopic (exact) mass is 393 g/mol. The average molecular weight is 394 g/mol. The summed E-state index contributed by atoms with van der Waals surface area (Å²) in [6.07, 6.45) is 0. The van der Waals surface area contributed by atoms with Crippen molar-refractivity contribution in [1.29, 1.82) is 0 Å². The molecule has 0 saturated heterocycles. The van der Waals surface area contributed by atoms with Crippen molar-refractivity contribution in [2.75, 3.05) is 5.32 Å². The van der Waals surface area contributed by atoms with Crippen molar-refractivity contribution in [3.05, 3.63) is 20.7 Å². The number of fused-ring (bicyclic) bond motifs is 1. The van der Waals surface area contributed by atoms with Gasteiger partial charge in [0, 0.05) is 10.6 Å². The van der Waals surface area contributed by atoms with E-state index < -0.39 is 11.5 Å². The summed E-state index contributed by atoms with van der Waals surface area (Å²) in [6, 6.07) is 3.64.